The molecule has 2 aromatic carbocycles. The number of urea groups is 1. The van der Waals surface area contributed by atoms with Gasteiger partial charge in [-0.1, -0.05) is 0 Å². The van der Waals surface area contributed by atoms with Crippen LogP contribution < -0.4 is 15.5 Å². The molecule has 1 saturated heterocycles. The van der Waals surface area contributed by atoms with Crippen molar-refractivity contribution < 1.29 is 18.7 Å². The van der Waals surface area contributed by atoms with E-state index in [1.165, 1.54) is 17.0 Å². The van der Waals surface area contributed by atoms with E-state index in [9.17, 15) is 9.59 Å². The van der Waals surface area contributed by atoms with E-state index < -0.39 is 11.8 Å². The van der Waals surface area contributed by atoms with Crippen molar-refractivity contribution in [1.29, 1.82) is 0 Å². The van der Waals surface area contributed by atoms with Gasteiger partial charge in [0.1, 0.15) is 11.3 Å². The molecule has 6 rings (SSSR count). The summed E-state index contributed by atoms with van der Waals surface area (Å²) in [6, 6.07) is 12.2. The number of aryl methyl sites for hydroxylation is 1. The molecule has 0 radical (unpaired) electrons. The molecule has 1 fully saturated rings. The lowest BCUT2D eigenvalue weighted by Crippen LogP contribution is -2.46. The molecule has 0 spiro atoms. The number of fused-ring (bicyclic) bond motifs is 1. The number of amides is 3. The Balaban J connectivity index is 1.28. The van der Waals surface area contributed by atoms with Crippen LogP contribution in [0.2, 0.25) is 0 Å². The zero-order chi connectivity index (χ0) is 32.5. The fourth-order valence-corrected chi connectivity index (χ4v) is 5.43. The van der Waals surface area contributed by atoms with Crippen molar-refractivity contribution in [2.24, 2.45) is 7.05 Å². The number of rotatable bonds is 6. The van der Waals surface area contributed by atoms with Gasteiger partial charge >= 0.3 is 6.03 Å². The van der Waals surface area contributed by atoms with Gasteiger partial charge in [-0.2, -0.15) is 5.10 Å². The highest BCUT2D eigenvalue weighted by Gasteiger charge is 2.26. The molecule has 0 saturated carbocycles. The summed E-state index contributed by atoms with van der Waals surface area (Å²) in [5.74, 6) is 0.155. The van der Waals surface area contributed by atoms with E-state index in [1.54, 1.807) is 61.5 Å². The molecule has 2 unspecified atom stereocenters. The van der Waals surface area contributed by atoms with Crippen molar-refractivity contribution >= 4 is 40.2 Å². The molecule has 5 aromatic rings. The monoisotopic (exact) mass is 623 g/mol. The lowest BCUT2D eigenvalue weighted by molar-refractivity contribution is -0.00538. The molecule has 236 valence electrons. The molecule has 4 heterocycles. The second-order valence-corrected chi connectivity index (χ2v) is 11.6. The van der Waals surface area contributed by atoms with Crippen LogP contribution in [0.4, 0.5) is 26.4 Å². The summed E-state index contributed by atoms with van der Waals surface area (Å²) < 4.78 is 23.1. The quantitative estimate of drug-likeness (QED) is 0.264. The summed E-state index contributed by atoms with van der Waals surface area (Å²) in [5, 5.41) is 9.46. The van der Waals surface area contributed by atoms with Gasteiger partial charge in [-0.15, -0.1) is 0 Å². The Morgan fingerprint density at radius 1 is 0.935 bits per heavy atom. The van der Waals surface area contributed by atoms with Crippen molar-refractivity contribution in [2.75, 3.05) is 42.7 Å². The third kappa shape index (κ3) is 6.49. The first-order valence-corrected chi connectivity index (χ1v) is 14.8. The van der Waals surface area contributed by atoms with Gasteiger partial charge in [-0.05, 0) is 62.4 Å². The summed E-state index contributed by atoms with van der Waals surface area (Å²) in [6.45, 7) is 5.25. The van der Waals surface area contributed by atoms with Crippen LogP contribution >= 0.6 is 0 Å². The molecular formula is C33H34FN9O3. The van der Waals surface area contributed by atoms with Gasteiger partial charge in [0, 0.05) is 74.6 Å². The highest BCUT2D eigenvalue weighted by Crippen LogP contribution is 2.32. The number of anilines is 3. The Labute approximate surface area is 265 Å². The summed E-state index contributed by atoms with van der Waals surface area (Å²) >= 11 is 0. The Morgan fingerprint density at radius 3 is 2.33 bits per heavy atom. The maximum atomic E-state index is 15.4. The summed E-state index contributed by atoms with van der Waals surface area (Å²) in [7, 11) is 5.17. The molecule has 1 aliphatic heterocycles. The molecule has 2 atom stereocenters. The summed E-state index contributed by atoms with van der Waals surface area (Å²) in [6.07, 6.45) is 5.41. The smallest absolute Gasteiger partial charge is 0.323 e. The number of halogens is 1. The normalized spacial score (nSPS) is 16.3. The minimum absolute atomic E-state index is 0.0145. The van der Waals surface area contributed by atoms with E-state index in [2.05, 4.69) is 20.6 Å². The van der Waals surface area contributed by atoms with Crippen LogP contribution in [0.5, 0.6) is 0 Å². The summed E-state index contributed by atoms with van der Waals surface area (Å²) in [5.41, 5.74) is 4.33. The SMILES string of the molecule is CC1CN(c2nc(-c3ccc(NC(=O)Nc4ccc(C(=O)N(C)C)cc4)c(F)c3)nc3cc(-c4cnn(C)c4)cnc23)CC(C)O1. The number of morpholine rings is 1. The van der Waals surface area contributed by atoms with E-state index in [0.717, 1.165) is 11.1 Å². The third-order valence-corrected chi connectivity index (χ3v) is 7.55. The maximum Gasteiger partial charge on any atom is 0.323 e. The Morgan fingerprint density at radius 2 is 1.67 bits per heavy atom. The van der Waals surface area contributed by atoms with Crippen molar-refractivity contribution in [3.8, 4) is 22.5 Å². The number of hydrogen-bond donors (Lipinski definition) is 2. The third-order valence-electron chi connectivity index (χ3n) is 7.55. The van der Waals surface area contributed by atoms with Crippen molar-refractivity contribution in [3.05, 3.63) is 78.5 Å². The van der Waals surface area contributed by atoms with Gasteiger partial charge in [0.25, 0.3) is 5.91 Å². The lowest BCUT2D eigenvalue weighted by atomic mass is 10.1. The second-order valence-electron chi connectivity index (χ2n) is 11.6. The molecule has 2 N–H and O–H groups in total. The summed E-state index contributed by atoms with van der Waals surface area (Å²) in [4.78, 5) is 42.8. The number of carbonyl (C=O) groups is 2. The Bertz CT molecular complexity index is 1920. The maximum absolute atomic E-state index is 15.4. The predicted octanol–water partition coefficient (Wildman–Crippen LogP) is 5.19. The molecule has 46 heavy (non-hydrogen) atoms. The zero-order valence-corrected chi connectivity index (χ0v) is 26.2. The lowest BCUT2D eigenvalue weighted by Gasteiger charge is -2.36. The Kier molecular flexibility index (Phi) is 8.33. The number of aromatic nitrogens is 5. The minimum Gasteiger partial charge on any atom is -0.372 e. The molecular weight excluding hydrogens is 589 g/mol. The molecule has 1 aliphatic rings. The van der Waals surface area contributed by atoms with E-state index in [4.69, 9.17) is 19.7 Å². The highest BCUT2D eigenvalue weighted by molar-refractivity contribution is 6.00. The van der Waals surface area contributed by atoms with E-state index in [1.807, 2.05) is 33.2 Å². The standard InChI is InChI=1S/C33H34FN9O3/c1-19-16-43(17-20(2)46-19)31-29-28(13-23(14-35-29)24-15-36-42(5)18-24)38-30(40-31)22-8-11-27(26(34)12-22)39-33(45)37-25-9-6-21(7-10-25)32(44)41(3)4/h6-15,18-20H,16-17H2,1-5H3,(H2,37,39,45). The van der Waals surface area contributed by atoms with Crippen LogP contribution in [0.1, 0.15) is 24.2 Å². The zero-order valence-electron chi connectivity index (χ0n) is 26.2. The predicted molar refractivity (Wildman–Crippen MR) is 174 cm³/mol. The average Bonchev–Trinajstić information content (AvgIpc) is 3.46. The van der Waals surface area contributed by atoms with Crippen molar-refractivity contribution in [3.63, 3.8) is 0 Å². The number of hydrogen-bond acceptors (Lipinski definition) is 8. The van der Waals surface area contributed by atoms with Gasteiger partial charge in [-0.3, -0.25) is 14.5 Å². The van der Waals surface area contributed by atoms with E-state index in [-0.39, 0.29) is 23.8 Å². The number of nitrogens with one attached hydrogen (secondary N) is 2. The number of benzene rings is 2. The number of carbonyl (C=O) groups excluding carboxylic acids is 2. The van der Waals surface area contributed by atoms with Gasteiger partial charge in [0.05, 0.1) is 29.6 Å². The van der Waals surface area contributed by atoms with Crippen molar-refractivity contribution in [1.82, 2.24) is 29.6 Å². The van der Waals surface area contributed by atoms with Crippen LogP contribution in [-0.4, -0.2) is 81.0 Å². The van der Waals surface area contributed by atoms with Gasteiger partial charge in [-0.25, -0.2) is 19.2 Å². The first kappa shape index (κ1) is 30.6. The average molecular weight is 624 g/mol. The van der Waals surface area contributed by atoms with Gasteiger partial charge in [0.15, 0.2) is 11.6 Å². The molecule has 3 amide bonds. The first-order chi connectivity index (χ1) is 22.0. The number of pyridine rings is 1. The largest absolute Gasteiger partial charge is 0.372 e. The van der Waals surface area contributed by atoms with Crippen LogP contribution in [-0.2, 0) is 11.8 Å². The van der Waals surface area contributed by atoms with Crippen LogP contribution in [0.25, 0.3) is 33.5 Å². The minimum atomic E-state index is -0.652. The van der Waals surface area contributed by atoms with Gasteiger partial charge < -0.3 is 25.2 Å². The van der Waals surface area contributed by atoms with E-state index >= 15 is 4.39 Å². The van der Waals surface area contributed by atoms with Crippen LogP contribution in [0.3, 0.4) is 0 Å². The fraction of sp³-hybridized carbons (Fsp3) is 0.273. The van der Waals surface area contributed by atoms with Gasteiger partial charge in [0.2, 0.25) is 0 Å². The molecule has 13 heteroatoms. The molecule has 0 aliphatic carbocycles. The topological polar surface area (TPSA) is 130 Å². The molecule has 0 bridgehead atoms. The Hall–Kier alpha value is -5.43. The highest BCUT2D eigenvalue weighted by atomic mass is 19.1. The van der Waals surface area contributed by atoms with E-state index in [0.29, 0.717) is 52.6 Å². The molecule has 3 aromatic heterocycles. The van der Waals surface area contributed by atoms with Crippen LogP contribution in [0.15, 0.2) is 67.1 Å². The fourth-order valence-electron chi connectivity index (χ4n) is 5.43. The second kappa shape index (κ2) is 12.5. The molecule has 12 nitrogen and oxygen atoms in total. The van der Waals surface area contributed by atoms with Crippen LogP contribution in [0, 0.1) is 5.82 Å². The first-order valence-electron chi connectivity index (χ1n) is 14.8. The number of ether oxygens (including phenoxy) is 1. The number of nitrogens with zero attached hydrogens (tertiary/aromatic N) is 7. The van der Waals surface area contributed by atoms with Crippen molar-refractivity contribution in [2.45, 2.75) is 26.1 Å².